The molecule has 1 atom stereocenters. The Balaban J connectivity index is 4.39. The van der Waals surface area contributed by atoms with Crippen molar-refractivity contribution in [2.24, 2.45) is 0 Å². The Bertz CT molecular complexity index is 1000. The maximum atomic E-state index is 12.8. The van der Waals surface area contributed by atoms with E-state index in [0.29, 0.717) is 19.3 Å². The highest BCUT2D eigenvalue weighted by Crippen LogP contribution is 2.15. The van der Waals surface area contributed by atoms with E-state index in [0.717, 1.165) is 89.9 Å². The van der Waals surface area contributed by atoms with E-state index >= 15 is 0 Å². The molecule has 344 valence electrons. The van der Waals surface area contributed by atoms with Gasteiger partial charge in [0.05, 0.1) is 0 Å². The van der Waals surface area contributed by atoms with Crippen molar-refractivity contribution in [3.63, 3.8) is 0 Å². The van der Waals surface area contributed by atoms with Crippen LogP contribution in [-0.2, 0) is 28.6 Å². The molecule has 6 heteroatoms. The Morgan fingerprint density at radius 3 is 1.00 bits per heavy atom. The molecule has 6 nitrogen and oxygen atoms in total. The summed E-state index contributed by atoms with van der Waals surface area (Å²) in [6, 6.07) is 0. The molecule has 0 rings (SSSR count). The van der Waals surface area contributed by atoms with Crippen molar-refractivity contribution in [3.05, 3.63) is 36.5 Å². The largest absolute Gasteiger partial charge is 0.462 e. The summed E-state index contributed by atoms with van der Waals surface area (Å²) in [5.74, 6) is -0.892. The maximum Gasteiger partial charge on any atom is 0.306 e. The predicted molar refractivity (Wildman–Crippen MR) is 252 cm³/mol. The summed E-state index contributed by atoms with van der Waals surface area (Å²) >= 11 is 0. The van der Waals surface area contributed by atoms with Gasteiger partial charge in [0.15, 0.2) is 6.10 Å². The van der Waals surface area contributed by atoms with E-state index in [1.54, 1.807) is 0 Å². The van der Waals surface area contributed by atoms with Crippen LogP contribution in [0, 0.1) is 0 Å². The van der Waals surface area contributed by atoms with Crippen molar-refractivity contribution in [1.29, 1.82) is 0 Å². The van der Waals surface area contributed by atoms with E-state index in [4.69, 9.17) is 14.2 Å². The molecule has 0 saturated heterocycles. The van der Waals surface area contributed by atoms with Gasteiger partial charge in [0.1, 0.15) is 13.2 Å². The van der Waals surface area contributed by atoms with Crippen LogP contribution in [0.1, 0.15) is 265 Å². The van der Waals surface area contributed by atoms with Crippen LogP contribution in [0.4, 0.5) is 0 Å². The van der Waals surface area contributed by atoms with Crippen LogP contribution in [0.2, 0.25) is 0 Å². The fourth-order valence-electron chi connectivity index (χ4n) is 7.23. The third-order valence-electron chi connectivity index (χ3n) is 11.1. The van der Waals surface area contributed by atoms with Crippen LogP contribution in [0.3, 0.4) is 0 Å². The van der Waals surface area contributed by atoms with Crippen molar-refractivity contribution >= 4 is 17.9 Å². The molecule has 0 radical (unpaired) electrons. The minimum Gasteiger partial charge on any atom is -0.462 e. The van der Waals surface area contributed by atoms with Gasteiger partial charge in [-0.2, -0.15) is 0 Å². The summed E-state index contributed by atoms with van der Waals surface area (Å²) in [5.41, 5.74) is 0. The first-order valence-electron chi connectivity index (χ1n) is 25.5. The predicted octanol–water partition coefficient (Wildman–Crippen LogP) is 16.5. The number of hydrogen-bond donors (Lipinski definition) is 0. The number of rotatable bonds is 46. The number of carbonyl (C=O) groups is 3. The number of hydrogen-bond acceptors (Lipinski definition) is 6. The summed E-state index contributed by atoms with van der Waals surface area (Å²) in [6.07, 6.45) is 55.5. The van der Waals surface area contributed by atoms with Crippen LogP contribution < -0.4 is 0 Å². The van der Waals surface area contributed by atoms with E-state index < -0.39 is 6.10 Å². The lowest BCUT2D eigenvalue weighted by molar-refractivity contribution is -0.167. The average Bonchev–Trinajstić information content (AvgIpc) is 3.23. The molecule has 0 aromatic carbocycles. The zero-order valence-electron chi connectivity index (χ0n) is 39.3. The zero-order chi connectivity index (χ0) is 43.0. The van der Waals surface area contributed by atoms with E-state index in [1.807, 2.05) is 0 Å². The Kier molecular flexibility index (Phi) is 46.4. The van der Waals surface area contributed by atoms with Gasteiger partial charge in [0.2, 0.25) is 0 Å². The summed E-state index contributed by atoms with van der Waals surface area (Å²) in [7, 11) is 0. The number of unbranched alkanes of at least 4 members (excludes halogenated alkanes) is 29. The normalized spacial score (nSPS) is 12.3. The van der Waals surface area contributed by atoms with Gasteiger partial charge in [-0.05, 0) is 77.0 Å². The van der Waals surface area contributed by atoms with Gasteiger partial charge in [-0.15, -0.1) is 0 Å². The van der Waals surface area contributed by atoms with Crippen LogP contribution in [-0.4, -0.2) is 37.2 Å². The van der Waals surface area contributed by atoms with Crippen molar-refractivity contribution in [2.75, 3.05) is 13.2 Å². The molecular weight excluding hydrogens is 733 g/mol. The molecule has 0 aromatic rings. The fraction of sp³-hybridized carbons (Fsp3) is 0.830. The smallest absolute Gasteiger partial charge is 0.306 e. The molecule has 0 aliphatic heterocycles. The molecule has 0 unspecified atom stereocenters. The van der Waals surface area contributed by atoms with Crippen molar-refractivity contribution < 1.29 is 28.6 Å². The molecule has 0 spiro atoms. The highest BCUT2D eigenvalue weighted by atomic mass is 16.6. The number of carbonyl (C=O) groups excluding carboxylic acids is 3. The zero-order valence-corrected chi connectivity index (χ0v) is 39.3. The van der Waals surface area contributed by atoms with Crippen molar-refractivity contribution in [3.8, 4) is 0 Å². The minimum absolute atomic E-state index is 0.0773. The lowest BCUT2D eigenvalue weighted by Gasteiger charge is -2.18. The molecule has 0 aromatic heterocycles. The standard InChI is InChI=1S/C53H96O6/c1-4-7-10-13-16-19-22-25-26-29-31-34-37-40-43-46-52(55)58-49-50(59-53(56)47-44-41-38-35-32-28-24-21-18-15-12-9-6-3)48-57-51(54)45-42-39-36-33-30-27-23-20-17-14-11-8-5-2/h16,19,21,24-26,50H,4-15,17-18,20,22-23,27-49H2,1-3H3/b19-16-,24-21-,26-25-/t50-/m0/s1. The molecule has 59 heavy (non-hydrogen) atoms. The highest BCUT2D eigenvalue weighted by molar-refractivity contribution is 5.71. The molecule has 0 saturated carbocycles. The Morgan fingerprint density at radius 1 is 0.339 bits per heavy atom. The van der Waals surface area contributed by atoms with Crippen LogP contribution in [0.15, 0.2) is 36.5 Å². The van der Waals surface area contributed by atoms with E-state index in [-0.39, 0.29) is 31.1 Å². The number of esters is 3. The second-order valence-electron chi connectivity index (χ2n) is 17.1. The van der Waals surface area contributed by atoms with E-state index in [9.17, 15) is 14.4 Å². The number of ether oxygens (including phenoxy) is 3. The van der Waals surface area contributed by atoms with Gasteiger partial charge >= 0.3 is 17.9 Å². The molecule has 0 heterocycles. The fourth-order valence-corrected chi connectivity index (χ4v) is 7.23. The van der Waals surface area contributed by atoms with E-state index in [1.165, 1.54) is 135 Å². The quantitative estimate of drug-likeness (QED) is 0.0263. The average molecular weight is 829 g/mol. The van der Waals surface area contributed by atoms with Crippen LogP contribution in [0.5, 0.6) is 0 Å². The van der Waals surface area contributed by atoms with Crippen molar-refractivity contribution in [2.45, 2.75) is 271 Å². The molecule has 0 fully saturated rings. The summed E-state index contributed by atoms with van der Waals surface area (Å²) in [6.45, 7) is 6.59. The van der Waals surface area contributed by atoms with Gasteiger partial charge in [-0.3, -0.25) is 14.4 Å². The van der Waals surface area contributed by atoms with E-state index in [2.05, 4.69) is 57.2 Å². The van der Waals surface area contributed by atoms with Gasteiger partial charge in [0, 0.05) is 19.3 Å². The minimum atomic E-state index is -0.777. The highest BCUT2D eigenvalue weighted by Gasteiger charge is 2.19. The van der Waals surface area contributed by atoms with Gasteiger partial charge in [-0.25, -0.2) is 0 Å². The second kappa shape index (κ2) is 48.3. The first kappa shape index (κ1) is 56.6. The lowest BCUT2D eigenvalue weighted by Crippen LogP contribution is -2.30. The summed E-state index contributed by atoms with van der Waals surface area (Å²) in [5, 5.41) is 0. The second-order valence-corrected chi connectivity index (χ2v) is 17.1. The summed E-state index contributed by atoms with van der Waals surface area (Å²) in [4.78, 5) is 37.9. The Morgan fingerprint density at radius 2 is 0.610 bits per heavy atom. The number of allylic oxidation sites excluding steroid dienone is 6. The van der Waals surface area contributed by atoms with Gasteiger partial charge in [0.25, 0.3) is 0 Å². The Labute approximate surface area is 365 Å². The molecule has 0 N–H and O–H groups in total. The SMILES string of the molecule is CCCCC/C=C\C/C=C\CCCCCCCC(=O)OC[C@H](COC(=O)CCCCCCCCCCCCCCC)OC(=O)CCCCCCC/C=C\CCCCCC. The monoisotopic (exact) mass is 829 g/mol. The molecule has 0 aliphatic carbocycles. The third-order valence-corrected chi connectivity index (χ3v) is 11.1. The molecule has 0 bridgehead atoms. The first-order valence-corrected chi connectivity index (χ1v) is 25.5. The van der Waals surface area contributed by atoms with Crippen LogP contribution in [0.25, 0.3) is 0 Å². The first-order chi connectivity index (χ1) is 29.0. The molecule has 0 aliphatic rings. The van der Waals surface area contributed by atoms with Crippen LogP contribution >= 0.6 is 0 Å². The summed E-state index contributed by atoms with van der Waals surface area (Å²) < 4.78 is 16.8. The Hall–Kier alpha value is -2.37. The third kappa shape index (κ3) is 46.5. The molecule has 0 amide bonds. The van der Waals surface area contributed by atoms with Gasteiger partial charge < -0.3 is 14.2 Å². The van der Waals surface area contributed by atoms with Crippen molar-refractivity contribution in [1.82, 2.24) is 0 Å². The lowest BCUT2D eigenvalue weighted by atomic mass is 10.0. The van der Waals surface area contributed by atoms with Gasteiger partial charge in [-0.1, -0.05) is 205 Å². The maximum absolute atomic E-state index is 12.8. The topological polar surface area (TPSA) is 78.9 Å². The molecular formula is C53H96O6.